The molecule has 0 bridgehead atoms. The molecule has 2 aliphatic rings. The van der Waals surface area contributed by atoms with E-state index in [0.29, 0.717) is 32.5 Å². The molecule has 2 aliphatic heterocycles. The third kappa shape index (κ3) is 3.79. The molecule has 0 aromatic heterocycles. The second kappa shape index (κ2) is 7.42. The lowest BCUT2D eigenvalue weighted by molar-refractivity contribution is -0.145. The van der Waals surface area contributed by atoms with Gasteiger partial charge in [-0.15, -0.1) is 0 Å². The molecule has 1 spiro atoms. The lowest BCUT2D eigenvalue weighted by atomic mass is 9.87. The van der Waals surface area contributed by atoms with Crippen molar-refractivity contribution in [2.24, 2.45) is 0 Å². The van der Waals surface area contributed by atoms with E-state index in [1.165, 1.54) is 0 Å². The van der Waals surface area contributed by atoms with E-state index < -0.39 is 11.6 Å². The average molecular weight is 322 g/mol. The predicted molar refractivity (Wildman–Crippen MR) is 80.1 cm³/mol. The first kappa shape index (κ1) is 17.2. The van der Waals surface area contributed by atoms with Gasteiger partial charge >= 0.3 is 12.0 Å². The molecule has 2 rings (SSSR count). The quantitative estimate of drug-likeness (QED) is 0.325. The summed E-state index contributed by atoms with van der Waals surface area (Å²) < 4.78 is 5.13. The summed E-state index contributed by atoms with van der Waals surface area (Å²) in [7, 11) is 0. The van der Waals surface area contributed by atoms with Gasteiger partial charge in [0.25, 0.3) is 5.91 Å². The van der Waals surface area contributed by atoms with Crippen LogP contribution in [0.25, 0.3) is 0 Å². The smallest absolute Gasteiger partial charge is 0.325 e. The number of unbranched alkanes of at least 4 members (excludes halogenated alkanes) is 1. The van der Waals surface area contributed by atoms with Crippen molar-refractivity contribution >= 4 is 17.9 Å². The number of amides is 3. The van der Waals surface area contributed by atoms with Gasteiger partial charge in [0, 0.05) is 13.1 Å². The second-order valence-corrected chi connectivity index (χ2v) is 5.91. The zero-order valence-electron chi connectivity index (χ0n) is 13.3. The Balaban J connectivity index is 1.84. The van der Waals surface area contributed by atoms with E-state index in [4.69, 9.17) is 10.00 Å². The first-order valence-corrected chi connectivity index (χ1v) is 7.91. The molecule has 126 valence electrons. The topological polar surface area (TPSA) is 103 Å². The number of imide groups is 1. The fraction of sp³-hybridized carbons (Fsp3) is 0.733. The number of carbonyl (C=O) groups is 3. The van der Waals surface area contributed by atoms with Crippen LogP contribution in [0.2, 0.25) is 0 Å². The van der Waals surface area contributed by atoms with E-state index in [2.05, 4.69) is 5.32 Å². The van der Waals surface area contributed by atoms with Crippen LogP contribution in [-0.4, -0.2) is 66.0 Å². The number of ether oxygens (including phenoxy) is 1. The predicted octanol–water partition coefficient (Wildman–Crippen LogP) is 0.240. The van der Waals surface area contributed by atoms with Gasteiger partial charge in [0.1, 0.15) is 12.1 Å². The lowest BCUT2D eigenvalue weighted by Crippen LogP contribution is -2.55. The zero-order chi connectivity index (χ0) is 16.9. The Morgan fingerprint density at radius 3 is 2.70 bits per heavy atom. The fourth-order valence-electron chi connectivity index (χ4n) is 2.88. The van der Waals surface area contributed by atoms with Crippen molar-refractivity contribution in [3.8, 4) is 6.07 Å². The van der Waals surface area contributed by atoms with E-state index in [1.807, 2.05) is 17.9 Å². The van der Waals surface area contributed by atoms with E-state index in [9.17, 15) is 14.4 Å². The Kier molecular flexibility index (Phi) is 5.55. The molecule has 8 heteroatoms. The van der Waals surface area contributed by atoms with Crippen molar-refractivity contribution in [1.82, 2.24) is 15.1 Å². The van der Waals surface area contributed by atoms with Crippen LogP contribution in [0.5, 0.6) is 0 Å². The third-order valence-electron chi connectivity index (χ3n) is 4.30. The number of rotatable bonds is 6. The van der Waals surface area contributed by atoms with Gasteiger partial charge in [-0.05, 0) is 19.3 Å². The number of nitrogens with one attached hydrogen (secondary N) is 1. The molecule has 2 fully saturated rings. The van der Waals surface area contributed by atoms with Crippen LogP contribution in [0.4, 0.5) is 4.79 Å². The molecule has 1 N–H and O–H groups in total. The SMILES string of the molecule is CCCCOC(=O)CN1CCC2(CC1)NC(=O)N(CC#N)C2=O. The highest BCUT2D eigenvalue weighted by Crippen LogP contribution is 2.29. The first-order valence-electron chi connectivity index (χ1n) is 7.91. The van der Waals surface area contributed by atoms with Crippen LogP contribution >= 0.6 is 0 Å². The number of hydrogen-bond donors (Lipinski definition) is 1. The molecule has 0 aromatic rings. The Morgan fingerprint density at radius 1 is 1.39 bits per heavy atom. The summed E-state index contributed by atoms with van der Waals surface area (Å²) in [5.41, 5.74) is -0.920. The highest BCUT2D eigenvalue weighted by Gasteiger charge is 2.52. The molecule has 0 radical (unpaired) electrons. The van der Waals surface area contributed by atoms with Crippen LogP contribution in [0.3, 0.4) is 0 Å². The minimum atomic E-state index is -0.920. The lowest BCUT2D eigenvalue weighted by Gasteiger charge is -2.36. The van der Waals surface area contributed by atoms with Crippen LogP contribution in [0.15, 0.2) is 0 Å². The normalized spacial score (nSPS) is 20.4. The summed E-state index contributed by atoms with van der Waals surface area (Å²) in [5.74, 6) is -0.600. The van der Waals surface area contributed by atoms with Gasteiger partial charge in [0.2, 0.25) is 0 Å². The Labute approximate surface area is 135 Å². The Bertz CT molecular complexity index is 520. The van der Waals surface area contributed by atoms with Gasteiger partial charge in [0.15, 0.2) is 0 Å². The third-order valence-corrected chi connectivity index (χ3v) is 4.30. The first-order chi connectivity index (χ1) is 11.0. The van der Waals surface area contributed by atoms with Crippen molar-refractivity contribution in [2.75, 3.05) is 32.8 Å². The number of piperidine rings is 1. The molecule has 3 amide bonds. The van der Waals surface area contributed by atoms with E-state index in [0.717, 1.165) is 17.7 Å². The van der Waals surface area contributed by atoms with E-state index in [-0.39, 0.29) is 25.0 Å². The summed E-state index contributed by atoms with van der Waals surface area (Å²) in [6.45, 7) is 3.47. The Hall–Kier alpha value is -2.14. The van der Waals surface area contributed by atoms with Gasteiger partial charge in [-0.25, -0.2) is 9.69 Å². The molecule has 0 atom stereocenters. The summed E-state index contributed by atoms with van der Waals surface area (Å²) in [6.07, 6.45) is 2.69. The van der Waals surface area contributed by atoms with Crippen LogP contribution in [-0.2, 0) is 14.3 Å². The monoisotopic (exact) mass is 322 g/mol. The van der Waals surface area contributed by atoms with Crippen molar-refractivity contribution in [3.05, 3.63) is 0 Å². The molecule has 2 saturated heterocycles. The number of nitrogens with zero attached hydrogens (tertiary/aromatic N) is 3. The number of esters is 1. The van der Waals surface area contributed by atoms with Gasteiger partial charge in [-0.1, -0.05) is 13.3 Å². The molecule has 0 unspecified atom stereocenters. The van der Waals surface area contributed by atoms with Crippen LogP contribution in [0.1, 0.15) is 32.6 Å². The molecular weight excluding hydrogens is 300 g/mol. The summed E-state index contributed by atoms with van der Waals surface area (Å²) in [5, 5.41) is 11.4. The summed E-state index contributed by atoms with van der Waals surface area (Å²) >= 11 is 0. The zero-order valence-corrected chi connectivity index (χ0v) is 13.3. The molecule has 0 aromatic carbocycles. The highest BCUT2D eigenvalue weighted by atomic mass is 16.5. The standard InChI is InChI=1S/C15H22N4O4/c1-2-3-10-23-12(20)11-18-7-4-15(5-8-18)13(21)19(9-6-16)14(22)17-15/h2-5,7-11H2,1H3,(H,17,22). The van der Waals surface area contributed by atoms with Gasteiger partial charge in [0.05, 0.1) is 19.2 Å². The maximum absolute atomic E-state index is 12.4. The highest BCUT2D eigenvalue weighted by molar-refractivity contribution is 6.07. The van der Waals surface area contributed by atoms with E-state index >= 15 is 0 Å². The summed E-state index contributed by atoms with van der Waals surface area (Å²) in [4.78, 5) is 38.8. The van der Waals surface area contributed by atoms with Crippen molar-refractivity contribution in [1.29, 1.82) is 5.26 Å². The number of nitriles is 1. The van der Waals surface area contributed by atoms with E-state index in [1.54, 1.807) is 0 Å². The van der Waals surface area contributed by atoms with Crippen LogP contribution < -0.4 is 5.32 Å². The van der Waals surface area contributed by atoms with Crippen molar-refractivity contribution in [2.45, 2.75) is 38.1 Å². The maximum Gasteiger partial charge on any atom is 0.325 e. The molecule has 2 heterocycles. The second-order valence-electron chi connectivity index (χ2n) is 5.91. The largest absolute Gasteiger partial charge is 0.465 e. The number of hydrogen-bond acceptors (Lipinski definition) is 6. The van der Waals surface area contributed by atoms with Gasteiger partial charge in [-0.3, -0.25) is 14.5 Å². The molecule has 0 saturated carbocycles. The Morgan fingerprint density at radius 2 is 2.09 bits per heavy atom. The number of carbonyl (C=O) groups excluding carboxylic acids is 3. The fourth-order valence-corrected chi connectivity index (χ4v) is 2.88. The van der Waals surface area contributed by atoms with Gasteiger partial charge in [-0.2, -0.15) is 5.26 Å². The molecule has 23 heavy (non-hydrogen) atoms. The summed E-state index contributed by atoms with van der Waals surface area (Å²) in [6, 6.07) is 1.31. The molecular formula is C15H22N4O4. The number of urea groups is 1. The van der Waals surface area contributed by atoms with Gasteiger partial charge < -0.3 is 10.1 Å². The minimum Gasteiger partial charge on any atom is -0.465 e. The minimum absolute atomic E-state index is 0.198. The van der Waals surface area contributed by atoms with Crippen molar-refractivity contribution < 1.29 is 19.1 Å². The van der Waals surface area contributed by atoms with Crippen LogP contribution in [0, 0.1) is 11.3 Å². The molecule has 8 nitrogen and oxygen atoms in total. The number of likely N-dealkylation sites (tertiary alicyclic amines) is 1. The average Bonchev–Trinajstić information content (AvgIpc) is 2.75. The van der Waals surface area contributed by atoms with Crippen molar-refractivity contribution in [3.63, 3.8) is 0 Å². The molecule has 0 aliphatic carbocycles. The maximum atomic E-state index is 12.4.